The minimum atomic E-state index is -4.60. The zero-order valence-electron chi connectivity index (χ0n) is 7.38. The van der Waals surface area contributed by atoms with Crippen LogP contribution in [-0.4, -0.2) is 33.5 Å². The zero-order valence-corrected chi connectivity index (χ0v) is 10.4. The minimum absolute atomic E-state index is 0. The van der Waals surface area contributed by atoms with Crippen molar-refractivity contribution in [2.24, 2.45) is 5.73 Å². The van der Waals surface area contributed by atoms with Crippen LogP contribution in [0.5, 0.6) is 0 Å². The molecule has 0 aromatic rings. The molecule has 0 aliphatic carbocycles. The van der Waals surface area contributed by atoms with Crippen molar-refractivity contribution in [3.05, 3.63) is 0 Å². The van der Waals surface area contributed by atoms with Crippen LogP contribution in [0, 0.1) is 0 Å². The molecule has 68 valence electrons. The second-order valence-corrected chi connectivity index (χ2v) is 2.97. The number of nitrogens with two attached hydrogens (primary N) is 1. The SMILES string of the molecule is NC(COP(=O)(O)O)C(=O)O.[H-].[K+]. The average Bonchev–Trinajstić information content (AvgIpc) is 1.80. The Morgan fingerprint density at radius 2 is 2.08 bits per heavy atom. The van der Waals surface area contributed by atoms with Crippen molar-refractivity contribution in [1.29, 1.82) is 0 Å². The van der Waals surface area contributed by atoms with Crippen LogP contribution in [0.15, 0.2) is 0 Å². The largest absolute Gasteiger partial charge is 1.00 e. The van der Waals surface area contributed by atoms with E-state index in [2.05, 4.69) is 4.52 Å². The third kappa shape index (κ3) is 9.27. The Kier molecular flexibility index (Phi) is 8.61. The monoisotopic (exact) mass is 225 g/mol. The molecule has 12 heavy (non-hydrogen) atoms. The number of carboxylic acids is 1. The fourth-order valence-electron chi connectivity index (χ4n) is 0.249. The summed E-state index contributed by atoms with van der Waals surface area (Å²) in [5.41, 5.74) is 4.86. The molecule has 0 bridgehead atoms. The van der Waals surface area contributed by atoms with E-state index in [1.165, 1.54) is 0 Å². The van der Waals surface area contributed by atoms with Gasteiger partial charge < -0.3 is 22.1 Å². The number of hydrogen-bond donors (Lipinski definition) is 4. The molecule has 0 saturated carbocycles. The van der Waals surface area contributed by atoms with Gasteiger partial charge in [-0.15, -0.1) is 0 Å². The van der Waals surface area contributed by atoms with Gasteiger partial charge in [-0.05, 0) is 0 Å². The van der Waals surface area contributed by atoms with Crippen LogP contribution in [0.2, 0.25) is 0 Å². The zero-order chi connectivity index (χ0) is 9.07. The fraction of sp³-hybridized carbons (Fsp3) is 0.667. The van der Waals surface area contributed by atoms with Gasteiger partial charge in [0.2, 0.25) is 0 Å². The van der Waals surface area contributed by atoms with Gasteiger partial charge in [0.1, 0.15) is 6.04 Å². The summed E-state index contributed by atoms with van der Waals surface area (Å²) in [6.45, 7) is -0.709. The minimum Gasteiger partial charge on any atom is -1.00 e. The summed E-state index contributed by atoms with van der Waals surface area (Å²) in [6, 6.07) is -1.41. The van der Waals surface area contributed by atoms with Crippen LogP contribution in [0.3, 0.4) is 0 Å². The molecule has 0 spiro atoms. The number of hydrogen-bond acceptors (Lipinski definition) is 4. The molecule has 9 heteroatoms. The molecule has 0 aliphatic rings. The van der Waals surface area contributed by atoms with Crippen LogP contribution in [-0.2, 0) is 13.9 Å². The molecule has 0 aromatic heterocycles. The maximum absolute atomic E-state index is 9.98. The quantitative estimate of drug-likeness (QED) is 0.281. The molecule has 7 nitrogen and oxygen atoms in total. The topological polar surface area (TPSA) is 130 Å². The molecule has 0 aromatic carbocycles. The average molecular weight is 225 g/mol. The number of aliphatic carboxylic acids is 1. The van der Waals surface area contributed by atoms with Gasteiger partial charge in [-0.1, -0.05) is 0 Å². The third-order valence-corrected chi connectivity index (χ3v) is 1.22. The Morgan fingerprint density at radius 3 is 2.33 bits per heavy atom. The smallest absolute Gasteiger partial charge is 1.00 e. The molecule has 0 aliphatic heterocycles. The summed E-state index contributed by atoms with van der Waals surface area (Å²) in [7, 11) is -4.60. The summed E-state index contributed by atoms with van der Waals surface area (Å²) >= 11 is 0. The van der Waals surface area contributed by atoms with Crippen molar-refractivity contribution in [1.82, 2.24) is 0 Å². The van der Waals surface area contributed by atoms with Gasteiger partial charge in [0.25, 0.3) is 0 Å². The van der Waals surface area contributed by atoms with Gasteiger partial charge in [-0.25, -0.2) is 4.57 Å². The van der Waals surface area contributed by atoms with Crippen LogP contribution in [0.25, 0.3) is 0 Å². The molecular weight excluding hydrogens is 216 g/mol. The summed E-state index contributed by atoms with van der Waals surface area (Å²) in [4.78, 5) is 26.1. The first kappa shape index (κ1) is 15.6. The Bertz CT molecular complexity index is 196. The molecule has 1 unspecified atom stereocenters. The van der Waals surface area contributed by atoms with E-state index in [1.54, 1.807) is 0 Å². The first-order valence-electron chi connectivity index (χ1n) is 2.51. The van der Waals surface area contributed by atoms with E-state index in [0.29, 0.717) is 0 Å². The predicted octanol–water partition coefficient (Wildman–Crippen LogP) is -4.38. The van der Waals surface area contributed by atoms with Gasteiger partial charge >= 0.3 is 65.2 Å². The van der Waals surface area contributed by atoms with Crippen LogP contribution >= 0.6 is 7.82 Å². The van der Waals surface area contributed by atoms with Crippen LogP contribution in [0.4, 0.5) is 0 Å². The number of carbonyl (C=O) groups is 1. The summed E-state index contributed by atoms with van der Waals surface area (Å²) in [5.74, 6) is -1.38. The summed E-state index contributed by atoms with van der Waals surface area (Å²) in [6.07, 6.45) is 0. The summed E-state index contributed by atoms with van der Waals surface area (Å²) < 4.78 is 13.8. The first-order valence-corrected chi connectivity index (χ1v) is 4.04. The fourth-order valence-corrected chi connectivity index (χ4v) is 0.603. The Morgan fingerprint density at radius 1 is 1.67 bits per heavy atom. The number of carboxylic acid groups (broad SMARTS) is 1. The molecule has 1 atom stereocenters. The molecule has 0 amide bonds. The molecule has 5 N–H and O–H groups in total. The maximum Gasteiger partial charge on any atom is 1.00 e. The van der Waals surface area contributed by atoms with Gasteiger partial charge in [0.15, 0.2) is 0 Å². The molecule has 0 fully saturated rings. The molecule has 0 heterocycles. The van der Waals surface area contributed by atoms with Crippen molar-refractivity contribution in [3.8, 4) is 0 Å². The Labute approximate surface area is 112 Å². The Hall–Kier alpha value is 1.18. The molecular formula is C3H9KNO6P. The van der Waals surface area contributed by atoms with Crippen molar-refractivity contribution in [3.63, 3.8) is 0 Å². The number of rotatable bonds is 4. The van der Waals surface area contributed by atoms with Crippen LogP contribution in [0.1, 0.15) is 1.43 Å². The van der Waals surface area contributed by atoms with Crippen molar-refractivity contribution >= 4 is 13.8 Å². The van der Waals surface area contributed by atoms with Gasteiger partial charge in [-0.3, -0.25) is 9.32 Å². The van der Waals surface area contributed by atoms with E-state index in [9.17, 15) is 9.36 Å². The summed E-state index contributed by atoms with van der Waals surface area (Å²) in [5, 5.41) is 8.12. The van der Waals surface area contributed by atoms with E-state index in [1.807, 2.05) is 0 Å². The second-order valence-electron chi connectivity index (χ2n) is 1.73. The molecule has 0 radical (unpaired) electrons. The van der Waals surface area contributed by atoms with Crippen molar-refractivity contribution in [2.75, 3.05) is 6.61 Å². The number of phosphoric acid groups is 1. The van der Waals surface area contributed by atoms with E-state index in [4.69, 9.17) is 20.6 Å². The van der Waals surface area contributed by atoms with E-state index in [-0.39, 0.29) is 52.8 Å². The standard InChI is InChI=1S/C3H8NO6P.K.H/c4-2(3(5)6)1-10-11(7,8)9;;/h2H,1,4H2,(H,5,6)(H2,7,8,9);;/q;+1;-1. The van der Waals surface area contributed by atoms with Crippen molar-refractivity contribution in [2.45, 2.75) is 6.04 Å². The normalized spacial score (nSPS) is 13.2. The van der Waals surface area contributed by atoms with Crippen molar-refractivity contribution < 1.29 is 81.6 Å². The number of phosphoric ester groups is 1. The van der Waals surface area contributed by atoms with E-state index < -0.39 is 26.4 Å². The first-order chi connectivity index (χ1) is 4.83. The van der Waals surface area contributed by atoms with Crippen LogP contribution < -0.4 is 57.1 Å². The van der Waals surface area contributed by atoms with Gasteiger partial charge in [0.05, 0.1) is 6.61 Å². The maximum atomic E-state index is 9.98. The third-order valence-electron chi connectivity index (χ3n) is 0.739. The second kappa shape index (κ2) is 6.60. The van der Waals surface area contributed by atoms with E-state index >= 15 is 0 Å². The Balaban J connectivity index is -0.000000500. The van der Waals surface area contributed by atoms with E-state index in [0.717, 1.165) is 0 Å². The van der Waals surface area contributed by atoms with Gasteiger partial charge in [-0.2, -0.15) is 0 Å². The predicted molar refractivity (Wildman–Crippen MR) is 34.7 cm³/mol. The molecule has 0 saturated heterocycles. The molecule has 0 rings (SSSR count). The van der Waals surface area contributed by atoms with Gasteiger partial charge in [0, 0.05) is 0 Å².